The fraction of sp³-hybridized carbons (Fsp3) is 0.222. The van der Waals surface area contributed by atoms with Crippen LogP contribution in [-0.4, -0.2) is 40.4 Å². The SMILES string of the molecule is COc1ccc(C(=O)NCC(=O)NCCc2ccc(S(N)(=O)=O)cc2)cc1. The number of amides is 2. The first kappa shape index (κ1) is 20.4. The number of hydrogen-bond donors (Lipinski definition) is 3. The van der Waals surface area contributed by atoms with E-state index in [4.69, 9.17) is 9.88 Å². The van der Waals surface area contributed by atoms with Gasteiger partial charge < -0.3 is 15.4 Å². The third-order valence-electron chi connectivity index (χ3n) is 3.75. The second-order valence-electron chi connectivity index (χ2n) is 5.70. The van der Waals surface area contributed by atoms with Gasteiger partial charge in [0.05, 0.1) is 18.6 Å². The Kier molecular flexibility index (Phi) is 6.91. The number of sulfonamides is 1. The zero-order chi connectivity index (χ0) is 19.9. The summed E-state index contributed by atoms with van der Waals surface area (Å²) in [6, 6.07) is 12.7. The Morgan fingerprint density at radius 2 is 1.63 bits per heavy atom. The van der Waals surface area contributed by atoms with Crippen LogP contribution in [-0.2, 0) is 21.2 Å². The van der Waals surface area contributed by atoms with E-state index >= 15 is 0 Å². The molecule has 0 aromatic heterocycles. The molecule has 27 heavy (non-hydrogen) atoms. The van der Waals surface area contributed by atoms with Crippen molar-refractivity contribution in [3.63, 3.8) is 0 Å². The molecule has 0 spiro atoms. The molecule has 0 fully saturated rings. The van der Waals surface area contributed by atoms with Crippen LogP contribution in [0.2, 0.25) is 0 Å². The summed E-state index contributed by atoms with van der Waals surface area (Å²) >= 11 is 0. The molecule has 0 saturated carbocycles. The zero-order valence-corrected chi connectivity index (χ0v) is 15.6. The van der Waals surface area contributed by atoms with Crippen LogP contribution in [0.25, 0.3) is 0 Å². The minimum Gasteiger partial charge on any atom is -0.497 e. The van der Waals surface area contributed by atoms with Gasteiger partial charge in [0, 0.05) is 12.1 Å². The minimum absolute atomic E-state index is 0.0385. The first-order chi connectivity index (χ1) is 12.8. The van der Waals surface area contributed by atoms with Crippen LogP contribution in [0.4, 0.5) is 0 Å². The lowest BCUT2D eigenvalue weighted by molar-refractivity contribution is -0.120. The third-order valence-corrected chi connectivity index (χ3v) is 4.68. The van der Waals surface area contributed by atoms with Crippen molar-refractivity contribution in [3.8, 4) is 5.75 Å². The van der Waals surface area contributed by atoms with E-state index in [0.717, 1.165) is 5.56 Å². The molecule has 144 valence electrons. The fourth-order valence-electron chi connectivity index (χ4n) is 2.26. The molecule has 2 rings (SSSR count). The lowest BCUT2D eigenvalue weighted by atomic mass is 10.1. The zero-order valence-electron chi connectivity index (χ0n) is 14.8. The fourth-order valence-corrected chi connectivity index (χ4v) is 2.78. The first-order valence-corrected chi connectivity index (χ1v) is 9.65. The largest absolute Gasteiger partial charge is 0.497 e. The van der Waals surface area contributed by atoms with Crippen molar-refractivity contribution in [2.24, 2.45) is 5.14 Å². The van der Waals surface area contributed by atoms with E-state index in [1.807, 2.05) is 0 Å². The van der Waals surface area contributed by atoms with Crippen LogP contribution >= 0.6 is 0 Å². The molecule has 9 heteroatoms. The quantitative estimate of drug-likeness (QED) is 0.601. The van der Waals surface area contributed by atoms with Crippen molar-refractivity contribution in [2.45, 2.75) is 11.3 Å². The molecule has 2 aromatic rings. The number of ether oxygens (including phenoxy) is 1. The monoisotopic (exact) mass is 391 g/mol. The summed E-state index contributed by atoms with van der Waals surface area (Å²) in [7, 11) is -2.18. The van der Waals surface area contributed by atoms with Gasteiger partial charge in [-0.2, -0.15) is 0 Å². The predicted octanol–water partition coefficient (Wildman–Crippen LogP) is 0.431. The second-order valence-corrected chi connectivity index (χ2v) is 7.26. The smallest absolute Gasteiger partial charge is 0.251 e. The number of methoxy groups -OCH3 is 1. The van der Waals surface area contributed by atoms with E-state index in [1.165, 1.54) is 19.2 Å². The average Bonchev–Trinajstić information content (AvgIpc) is 2.66. The van der Waals surface area contributed by atoms with Crippen molar-refractivity contribution in [3.05, 3.63) is 59.7 Å². The minimum atomic E-state index is -3.71. The second kappa shape index (κ2) is 9.15. The van der Waals surface area contributed by atoms with Crippen LogP contribution in [0.1, 0.15) is 15.9 Å². The maximum atomic E-state index is 12.0. The van der Waals surface area contributed by atoms with Crippen molar-refractivity contribution >= 4 is 21.8 Å². The molecule has 0 aliphatic carbocycles. The third kappa shape index (κ3) is 6.39. The maximum absolute atomic E-state index is 12.0. The highest BCUT2D eigenvalue weighted by Crippen LogP contribution is 2.11. The lowest BCUT2D eigenvalue weighted by Crippen LogP contribution is -2.37. The Balaban J connectivity index is 1.73. The number of rotatable bonds is 8. The summed E-state index contributed by atoms with van der Waals surface area (Å²) in [5, 5.41) is 10.3. The Bertz CT molecular complexity index is 894. The van der Waals surface area contributed by atoms with Gasteiger partial charge >= 0.3 is 0 Å². The topological polar surface area (TPSA) is 128 Å². The number of carbonyl (C=O) groups is 2. The van der Waals surface area contributed by atoms with Crippen molar-refractivity contribution in [2.75, 3.05) is 20.2 Å². The average molecular weight is 391 g/mol. The summed E-state index contributed by atoms with van der Waals surface area (Å²) in [5.41, 5.74) is 1.28. The van der Waals surface area contributed by atoms with Crippen LogP contribution in [0.5, 0.6) is 5.75 Å². The highest BCUT2D eigenvalue weighted by Gasteiger charge is 2.09. The Morgan fingerprint density at radius 1 is 1.00 bits per heavy atom. The van der Waals surface area contributed by atoms with Crippen molar-refractivity contribution in [1.29, 1.82) is 0 Å². The molecule has 8 nitrogen and oxygen atoms in total. The van der Waals surface area contributed by atoms with Crippen molar-refractivity contribution in [1.82, 2.24) is 10.6 Å². The number of benzene rings is 2. The molecule has 2 amide bonds. The van der Waals surface area contributed by atoms with Gasteiger partial charge in [0.15, 0.2) is 0 Å². The van der Waals surface area contributed by atoms with E-state index in [9.17, 15) is 18.0 Å². The van der Waals surface area contributed by atoms with Gasteiger partial charge in [0.25, 0.3) is 5.91 Å². The summed E-state index contributed by atoms with van der Waals surface area (Å²) < 4.78 is 27.4. The molecule has 0 unspecified atom stereocenters. The van der Waals surface area contributed by atoms with E-state index in [2.05, 4.69) is 10.6 Å². The van der Waals surface area contributed by atoms with E-state index in [-0.39, 0.29) is 23.3 Å². The Labute approximate surface area is 157 Å². The molecule has 0 saturated heterocycles. The molecular weight excluding hydrogens is 370 g/mol. The first-order valence-electron chi connectivity index (χ1n) is 8.10. The molecule has 0 atom stereocenters. The maximum Gasteiger partial charge on any atom is 0.251 e. The number of nitrogens with two attached hydrogens (primary N) is 1. The van der Waals surface area contributed by atoms with Gasteiger partial charge in [-0.05, 0) is 48.4 Å². The summed E-state index contributed by atoms with van der Waals surface area (Å²) in [5.74, 6) is -0.0363. The molecule has 0 bridgehead atoms. The highest BCUT2D eigenvalue weighted by atomic mass is 32.2. The van der Waals surface area contributed by atoms with Crippen LogP contribution < -0.4 is 20.5 Å². The Hall–Kier alpha value is -2.91. The normalized spacial score (nSPS) is 10.9. The molecule has 0 aliphatic rings. The molecule has 0 heterocycles. The number of primary sulfonamides is 1. The van der Waals surface area contributed by atoms with Gasteiger partial charge in [0.1, 0.15) is 5.75 Å². The molecule has 4 N–H and O–H groups in total. The van der Waals surface area contributed by atoms with E-state index in [0.29, 0.717) is 24.3 Å². The number of nitrogens with one attached hydrogen (secondary N) is 2. The van der Waals surface area contributed by atoms with Crippen LogP contribution in [0, 0.1) is 0 Å². The van der Waals surface area contributed by atoms with Crippen LogP contribution in [0.3, 0.4) is 0 Å². The molecule has 2 aromatic carbocycles. The molecule has 0 radical (unpaired) electrons. The summed E-state index contributed by atoms with van der Waals surface area (Å²) in [4.78, 5) is 23.8. The number of hydrogen-bond acceptors (Lipinski definition) is 5. The van der Waals surface area contributed by atoms with Gasteiger partial charge in [0.2, 0.25) is 15.9 Å². The van der Waals surface area contributed by atoms with Gasteiger partial charge in [-0.15, -0.1) is 0 Å². The van der Waals surface area contributed by atoms with Crippen LogP contribution in [0.15, 0.2) is 53.4 Å². The molecule has 0 aliphatic heterocycles. The van der Waals surface area contributed by atoms with Gasteiger partial charge in [-0.25, -0.2) is 13.6 Å². The highest BCUT2D eigenvalue weighted by molar-refractivity contribution is 7.89. The summed E-state index contributed by atoms with van der Waals surface area (Å²) in [6.07, 6.45) is 0.517. The number of carbonyl (C=O) groups excluding carboxylic acids is 2. The Morgan fingerprint density at radius 3 is 2.19 bits per heavy atom. The van der Waals surface area contributed by atoms with Gasteiger partial charge in [-0.3, -0.25) is 9.59 Å². The lowest BCUT2D eigenvalue weighted by Gasteiger charge is -2.08. The van der Waals surface area contributed by atoms with E-state index < -0.39 is 10.0 Å². The van der Waals surface area contributed by atoms with Crippen molar-refractivity contribution < 1.29 is 22.7 Å². The molecular formula is C18H21N3O5S. The predicted molar refractivity (Wildman–Crippen MR) is 99.9 cm³/mol. The van der Waals surface area contributed by atoms with E-state index in [1.54, 1.807) is 36.4 Å². The van der Waals surface area contributed by atoms with Gasteiger partial charge in [-0.1, -0.05) is 12.1 Å². The standard InChI is InChI=1S/C18H21N3O5S/c1-26-15-6-4-14(5-7-15)18(23)21-12-17(22)20-11-10-13-2-8-16(9-3-13)27(19,24)25/h2-9H,10-12H2,1H3,(H,20,22)(H,21,23)(H2,19,24,25). The summed E-state index contributed by atoms with van der Waals surface area (Å²) in [6.45, 7) is 0.210.